The molecule has 6 nitrogen and oxygen atoms in total. The van der Waals surface area contributed by atoms with Crippen LogP contribution in [0.25, 0.3) is 11.5 Å². The molecule has 33 heavy (non-hydrogen) atoms. The minimum Gasteiger partial charge on any atom is -0.461 e. The van der Waals surface area contributed by atoms with Crippen LogP contribution in [0.3, 0.4) is 0 Å². The summed E-state index contributed by atoms with van der Waals surface area (Å²) in [5, 5.41) is 3.94. The molecule has 0 bridgehead atoms. The van der Waals surface area contributed by atoms with Crippen molar-refractivity contribution in [3.8, 4) is 11.5 Å². The maximum Gasteiger partial charge on any atom is 0.276 e. The lowest BCUT2D eigenvalue weighted by molar-refractivity contribution is 0.0587. The van der Waals surface area contributed by atoms with Crippen LogP contribution in [0.1, 0.15) is 33.2 Å². The highest BCUT2D eigenvalue weighted by atomic mass is 19.1. The topological polar surface area (TPSA) is 62.7 Å². The van der Waals surface area contributed by atoms with E-state index >= 15 is 0 Å². The van der Waals surface area contributed by atoms with Crippen molar-refractivity contribution < 1.29 is 18.1 Å². The van der Waals surface area contributed by atoms with Crippen LogP contribution >= 0.6 is 0 Å². The van der Waals surface area contributed by atoms with Gasteiger partial charge in [-0.1, -0.05) is 47.1 Å². The highest BCUT2D eigenvalue weighted by Gasteiger charge is 2.30. The summed E-state index contributed by atoms with van der Waals surface area (Å²) >= 11 is 0. The van der Waals surface area contributed by atoms with Crippen LogP contribution in [-0.4, -0.2) is 47.0 Å². The van der Waals surface area contributed by atoms with E-state index in [0.717, 1.165) is 11.1 Å². The largest absolute Gasteiger partial charge is 0.461 e. The number of aromatic nitrogens is 1. The molecule has 1 amide bonds. The van der Waals surface area contributed by atoms with Crippen molar-refractivity contribution >= 4 is 5.91 Å². The molecule has 1 unspecified atom stereocenters. The minimum atomic E-state index is -0.252. The average molecular weight is 445 g/mol. The molecular formula is C26H24FN3O3. The van der Waals surface area contributed by atoms with Crippen molar-refractivity contribution in [3.05, 3.63) is 101 Å². The van der Waals surface area contributed by atoms with E-state index in [4.69, 9.17) is 8.94 Å². The van der Waals surface area contributed by atoms with Crippen LogP contribution in [0.4, 0.5) is 4.39 Å². The van der Waals surface area contributed by atoms with Gasteiger partial charge in [-0.05, 0) is 42.3 Å². The summed E-state index contributed by atoms with van der Waals surface area (Å²) in [6.45, 7) is 4.55. The van der Waals surface area contributed by atoms with Gasteiger partial charge in [-0.25, -0.2) is 4.39 Å². The van der Waals surface area contributed by atoms with Gasteiger partial charge in [0, 0.05) is 32.2 Å². The summed E-state index contributed by atoms with van der Waals surface area (Å²) in [6.07, 6.45) is 1.55. The van der Waals surface area contributed by atoms with Crippen molar-refractivity contribution in [2.24, 2.45) is 0 Å². The smallest absolute Gasteiger partial charge is 0.276 e. The number of rotatable bonds is 5. The highest BCUT2D eigenvalue weighted by molar-refractivity contribution is 5.93. The number of carbonyl (C=O) groups is 1. The summed E-state index contributed by atoms with van der Waals surface area (Å²) in [7, 11) is 0. The first-order chi connectivity index (χ1) is 16.1. The molecule has 1 aliphatic heterocycles. The van der Waals surface area contributed by atoms with E-state index in [1.54, 1.807) is 29.4 Å². The van der Waals surface area contributed by atoms with Crippen LogP contribution in [0.2, 0.25) is 0 Å². The van der Waals surface area contributed by atoms with Gasteiger partial charge >= 0.3 is 0 Å². The maximum absolute atomic E-state index is 13.6. The number of halogens is 1. The van der Waals surface area contributed by atoms with Gasteiger partial charge in [0.15, 0.2) is 11.5 Å². The molecule has 3 heterocycles. The van der Waals surface area contributed by atoms with Gasteiger partial charge in [-0.3, -0.25) is 9.69 Å². The highest BCUT2D eigenvalue weighted by Crippen LogP contribution is 2.30. The first kappa shape index (κ1) is 21.2. The number of piperazine rings is 1. The third-order valence-electron chi connectivity index (χ3n) is 6.04. The predicted octanol–water partition coefficient (Wildman–Crippen LogP) is 4.93. The first-order valence-electron chi connectivity index (χ1n) is 10.9. The summed E-state index contributed by atoms with van der Waals surface area (Å²) in [4.78, 5) is 17.1. The molecule has 1 fully saturated rings. The van der Waals surface area contributed by atoms with E-state index < -0.39 is 0 Å². The van der Waals surface area contributed by atoms with E-state index in [9.17, 15) is 9.18 Å². The monoisotopic (exact) mass is 445 g/mol. The zero-order valence-corrected chi connectivity index (χ0v) is 18.3. The van der Waals surface area contributed by atoms with Gasteiger partial charge in [-0.15, -0.1) is 0 Å². The van der Waals surface area contributed by atoms with Gasteiger partial charge in [0.1, 0.15) is 5.82 Å². The van der Waals surface area contributed by atoms with E-state index in [0.29, 0.717) is 37.7 Å². The molecule has 0 spiro atoms. The lowest BCUT2D eigenvalue weighted by atomic mass is 9.95. The lowest BCUT2D eigenvalue weighted by Crippen LogP contribution is -2.50. The van der Waals surface area contributed by atoms with Gasteiger partial charge in [0.2, 0.25) is 5.76 Å². The van der Waals surface area contributed by atoms with Crippen LogP contribution in [0.5, 0.6) is 0 Å². The summed E-state index contributed by atoms with van der Waals surface area (Å²) in [6, 6.07) is 20.2. The van der Waals surface area contributed by atoms with E-state index in [-0.39, 0.29) is 23.5 Å². The van der Waals surface area contributed by atoms with Crippen LogP contribution in [0.15, 0.2) is 81.9 Å². The number of furan rings is 1. The Labute approximate surface area is 191 Å². The van der Waals surface area contributed by atoms with Crippen molar-refractivity contribution in [2.75, 3.05) is 26.2 Å². The maximum atomic E-state index is 13.6. The fraction of sp³-hybridized carbons (Fsp3) is 0.231. The molecule has 5 rings (SSSR count). The Morgan fingerprint density at radius 3 is 2.24 bits per heavy atom. The van der Waals surface area contributed by atoms with Crippen LogP contribution < -0.4 is 0 Å². The molecule has 7 heteroatoms. The standard InChI is InChI=1S/C26H24FN3O3/c1-18-4-6-19(7-5-18)25(20-8-10-21(27)11-9-20)29-12-14-30(15-13-29)26(31)22-17-24(33-28-22)23-3-2-16-32-23/h2-11,16-17,25H,12-15H2,1H3. The summed E-state index contributed by atoms with van der Waals surface area (Å²) in [5.74, 6) is 0.549. The van der Waals surface area contributed by atoms with Crippen molar-refractivity contribution in [2.45, 2.75) is 13.0 Å². The van der Waals surface area contributed by atoms with Gasteiger partial charge in [0.25, 0.3) is 5.91 Å². The molecule has 0 N–H and O–H groups in total. The minimum absolute atomic E-state index is 0.0129. The zero-order chi connectivity index (χ0) is 22.8. The van der Waals surface area contributed by atoms with E-state index in [2.05, 4.69) is 41.2 Å². The van der Waals surface area contributed by atoms with Gasteiger partial charge in [-0.2, -0.15) is 0 Å². The van der Waals surface area contributed by atoms with E-state index in [1.165, 1.54) is 17.7 Å². The van der Waals surface area contributed by atoms with Gasteiger partial charge in [0.05, 0.1) is 12.3 Å². The third kappa shape index (κ3) is 4.45. The lowest BCUT2D eigenvalue weighted by Gasteiger charge is -2.39. The quantitative estimate of drug-likeness (QED) is 0.436. The van der Waals surface area contributed by atoms with Crippen molar-refractivity contribution in [3.63, 3.8) is 0 Å². The molecular weight excluding hydrogens is 421 g/mol. The molecule has 0 aliphatic carbocycles. The van der Waals surface area contributed by atoms with Crippen LogP contribution in [-0.2, 0) is 0 Å². The molecule has 1 aliphatic rings. The number of hydrogen-bond acceptors (Lipinski definition) is 5. The number of hydrogen-bond donors (Lipinski definition) is 0. The fourth-order valence-electron chi connectivity index (χ4n) is 4.26. The SMILES string of the molecule is Cc1ccc(C(c2ccc(F)cc2)N2CCN(C(=O)c3cc(-c4ccco4)on3)CC2)cc1. The number of carbonyl (C=O) groups excluding carboxylic acids is 1. The van der Waals surface area contributed by atoms with E-state index in [1.807, 2.05) is 12.1 Å². The molecule has 0 radical (unpaired) electrons. The normalized spacial score (nSPS) is 15.5. The number of nitrogens with zero attached hydrogens (tertiary/aromatic N) is 3. The fourth-order valence-corrected chi connectivity index (χ4v) is 4.26. The van der Waals surface area contributed by atoms with Crippen molar-refractivity contribution in [1.29, 1.82) is 0 Å². The number of amides is 1. The number of aryl methyl sites for hydroxylation is 1. The second-order valence-electron chi connectivity index (χ2n) is 8.25. The van der Waals surface area contributed by atoms with Crippen LogP contribution in [0, 0.1) is 12.7 Å². The molecule has 2 aromatic heterocycles. The second-order valence-corrected chi connectivity index (χ2v) is 8.25. The third-order valence-corrected chi connectivity index (χ3v) is 6.04. The first-order valence-corrected chi connectivity index (χ1v) is 10.9. The predicted molar refractivity (Wildman–Crippen MR) is 121 cm³/mol. The molecule has 1 atom stereocenters. The average Bonchev–Trinajstić information content (AvgIpc) is 3.54. The second kappa shape index (κ2) is 9.03. The Kier molecular flexibility index (Phi) is 5.79. The Bertz CT molecular complexity index is 1160. The Morgan fingerprint density at radius 2 is 1.61 bits per heavy atom. The summed E-state index contributed by atoms with van der Waals surface area (Å²) < 4.78 is 24.2. The Balaban J connectivity index is 1.32. The summed E-state index contributed by atoms with van der Waals surface area (Å²) in [5.41, 5.74) is 3.63. The van der Waals surface area contributed by atoms with Gasteiger partial charge < -0.3 is 13.8 Å². The molecule has 1 saturated heterocycles. The molecule has 2 aromatic carbocycles. The molecule has 0 saturated carbocycles. The van der Waals surface area contributed by atoms with Crippen molar-refractivity contribution in [1.82, 2.24) is 15.0 Å². The Morgan fingerprint density at radius 1 is 0.939 bits per heavy atom. The molecule has 4 aromatic rings. The molecule has 168 valence electrons. The zero-order valence-electron chi connectivity index (χ0n) is 18.3. The Hall–Kier alpha value is -3.71. The number of benzene rings is 2.